The second kappa shape index (κ2) is 5.45. The molecule has 0 saturated carbocycles. The molecule has 1 aromatic heterocycles. The molecule has 0 amide bonds. The molecule has 2 aromatic rings. The fraction of sp³-hybridized carbons (Fsp3) is 0.167. The average Bonchev–Trinajstić information content (AvgIpc) is 2.74. The molecule has 0 radical (unpaired) electrons. The van der Waals surface area contributed by atoms with Crippen molar-refractivity contribution in [3.8, 4) is 0 Å². The standard InChI is InChI=1S/C12H13N3OS/c1-9-7-11(16-15-9)8-13-12(17)14-10-5-3-2-4-6-10/h2-7H,8H2,1H3,(H2,13,14,17). The van der Waals surface area contributed by atoms with Crippen LogP contribution in [0.4, 0.5) is 5.69 Å². The molecule has 2 rings (SSSR count). The predicted octanol–water partition coefficient (Wildman–Crippen LogP) is 2.47. The molecule has 0 unspecified atom stereocenters. The van der Waals surface area contributed by atoms with Crippen LogP contribution in [0.15, 0.2) is 40.9 Å². The largest absolute Gasteiger partial charge is 0.359 e. The molecule has 4 nitrogen and oxygen atoms in total. The fourth-order valence-corrected chi connectivity index (χ4v) is 1.55. The Morgan fingerprint density at radius 2 is 2.12 bits per heavy atom. The summed E-state index contributed by atoms with van der Waals surface area (Å²) in [7, 11) is 0. The van der Waals surface area contributed by atoms with Crippen LogP contribution in [0.5, 0.6) is 0 Å². The van der Waals surface area contributed by atoms with E-state index in [0.717, 1.165) is 17.1 Å². The van der Waals surface area contributed by atoms with Crippen LogP contribution in [-0.2, 0) is 6.54 Å². The van der Waals surface area contributed by atoms with Gasteiger partial charge in [0.2, 0.25) is 0 Å². The molecule has 88 valence electrons. The zero-order chi connectivity index (χ0) is 12.1. The Kier molecular flexibility index (Phi) is 3.72. The Morgan fingerprint density at radius 3 is 2.76 bits per heavy atom. The summed E-state index contributed by atoms with van der Waals surface area (Å²) >= 11 is 5.16. The number of hydrogen-bond acceptors (Lipinski definition) is 3. The van der Waals surface area contributed by atoms with Crippen molar-refractivity contribution in [3.05, 3.63) is 47.9 Å². The molecule has 5 heteroatoms. The zero-order valence-corrected chi connectivity index (χ0v) is 10.3. The number of nitrogens with one attached hydrogen (secondary N) is 2. The first-order chi connectivity index (χ1) is 8.24. The van der Waals surface area contributed by atoms with E-state index in [1.807, 2.05) is 43.3 Å². The van der Waals surface area contributed by atoms with Crippen molar-refractivity contribution >= 4 is 23.0 Å². The van der Waals surface area contributed by atoms with Gasteiger partial charge in [0.1, 0.15) is 0 Å². The van der Waals surface area contributed by atoms with E-state index in [1.54, 1.807) is 0 Å². The third-order valence-corrected chi connectivity index (χ3v) is 2.38. The molecule has 1 aromatic carbocycles. The van der Waals surface area contributed by atoms with Crippen LogP contribution in [0.2, 0.25) is 0 Å². The maximum Gasteiger partial charge on any atom is 0.171 e. The molecule has 0 aliphatic carbocycles. The van der Waals surface area contributed by atoms with Crippen molar-refractivity contribution in [2.75, 3.05) is 5.32 Å². The number of para-hydroxylation sites is 1. The number of thiocarbonyl (C=S) groups is 1. The molecule has 0 aliphatic heterocycles. The Balaban J connectivity index is 1.82. The van der Waals surface area contributed by atoms with Crippen molar-refractivity contribution in [1.82, 2.24) is 10.5 Å². The van der Waals surface area contributed by atoms with Gasteiger partial charge < -0.3 is 15.2 Å². The SMILES string of the molecule is Cc1cc(CNC(=S)Nc2ccccc2)on1. The molecule has 0 spiro atoms. The normalized spacial score (nSPS) is 9.94. The van der Waals surface area contributed by atoms with Crippen molar-refractivity contribution in [2.45, 2.75) is 13.5 Å². The summed E-state index contributed by atoms with van der Waals surface area (Å²) in [6.07, 6.45) is 0. The monoisotopic (exact) mass is 247 g/mol. The minimum atomic E-state index is 0.527. The Hall–Kier alpha value is -1.88. The molecule has 2 N–H and O–H groups in total. The number of benzene rings is 1. The predicted molar refractivity (Wildman–Crippen MR) is 70.7 cm³/mol. The lowest BCUT2D eigenvalue weighted by Crippen LogP contribution is -2.27. The summed E-state index contributed by atoms with van der Waals surface area (Å²) in [5.74, 6) is 0.764. The van der Waals surface area contributed by atoms with E-state index in [0.29, 0.717) is 11.7 Å². The molecular weight excluding hydrogens is 234 g/mol. The molecule has 0 atom stereocenters. The van der Waals surface area contributed by atoms with Crippen molar-refractivity contribution < 1.29 is 4.52 Å². The van der Waals surface area contributed by atoms with Crippen LogP contribution in [0.3, 0.4) is 0 Å². The second-order valence-electron chi connectivity index (χ2n) is 3.61. The molecule has 0 aliphatic rings. The highest BCUT2D eigenvalue weighted by Crippen LogP contribution is 2.05. The highest BCUT2D eigenvalue weighted by Gasteiger charge is 2.01. The number of hydrogen-bond donors (Lipinski definition) is 2. The van der Waals surface area contributed by atoms with Crippen LogP contribution in [0, 0.1) is 6.92 Å². The quantitative estimate of drug-likeness (QED) is 0.816. The lowest BCUT2D eigenvalue weighted by Gasteiger charge is -2.08. The topological polar surface area (TPSA) is 50.1 Å². The van der Waals surface area contributed by atoms with E-state index >= 15 is 0 Å². The van der Waals surface area contributed by atoms with E-state index in [1.165, 1.54) is 0 Å². The molecular formula is C12H13N3OS. The minimum absolute atomic E-state index is 0.527. The Morgan fingerprint density at radius 1 is 1.35 bits per heavy atom. The number of nitrogens with zero attached hydrogens (tertiary/aromatic N) is 1. The first-order valence-electron chi connectivity index (χ1n) is 5.26. The van der Waals surface area contributed by atoms with E-state index in [4.69, 9.17) is 16.7 Å². The zero-order valence-electron chi connectivity index (χ0n) is 9.43. The molecule has 0 saturated heterocycles. The summed E-state index contributed by atoms with van der Waals surface area (Å²) in [5, 5.41) is 10.5. The van der Waals surface area contributed by atoms with Crippen molar-refractivity contribution in [3.63, 3.8) is 0 Å². The van der Waals surface area contributed by atoms with Crippen LogP contribution < -0.4 is 10.6 Å². The van der Waals surface area contributed by atoms with Gasteiger partial charge in [-0.3, -0.25) is 0 Å². The van der Waals surface area contributed by atoms with Gasteiger partial charge in [0.05, 0.1) is 12.2 Å². The molecule has 0 bridgehead atoms. The van der Waals surface area contributed by atoms with Gasteiger partial charge in [-0.25, -0.2) is 0 Å². The van der Waals surface area contributed by atoms with Gasteiger partial charge >= 0.3 is 0 Å². The van der Waals surface area contributed by atoms with Gasteiger partial charge in [-0.15, -0.1) is 0 Å². The van der Waals surface area contributed by atoms with Crippen LogP contribution in [-0.4, -0.2) is 10.3 Å². The third kappa shape index (κ3) is 3.57. The smallest absolute Gasteiger partial charge is 0.171 e. The lowest BCUT2D eigenvalue weighted by molar-refractivity contribution is 0.377. The first kappa shape index (κ1) is 11.6. The van der Waals surface area contributed by atoms with Crippen molar-refractivity contribution in [1.29, 1.82) is 0 Å². The van der Waals surface area contributed by atoms with E-state index in [-0.39, 0.29) is 0 Å². The molecule has 1 heterocycles. The Bertz CT molecular complexity index is 495. The molecule has 0 fully saturated rings. The van der Waals surface area contributed by atoms with Crippen molar-refractivity contribution in [2.24, 2.45) is 0 Å². The van der Waals surface area contributed by atoms with E-state index in [9.17, 15) is 0 Å². The number of aryl methyl sites for hydroxylation is 1. The number of anilines is 1. The summed E-state index contributed by atoms with van der Waals surface area (Å²) in [6.45, 7) is 2.41. The maximum absolute atomic E-state index is 5.16. The van der Waals surface area contributed by atoms with Gasteiger partial charge in [0.15, 0.2) is 10.9 Å². The fourth-order valence-electron chi connectivity index (χ4n) is 1.36. The highest BCUT2D eigenvalue weighted by atomic mass is 32.1. The Labute approximate surface area is 105 Å². The van der Waals surface area contributed by atoms with Crippen LogP contribution in [0.25, 0.3) is 0 Å². The van der Waals surface area contributed by atoms with Gasteiger partial charge in [0.25, 0.3) is 0 Å². The minimum Gasteiger partial charge on any atom is -0.359 e. The van der Waals surface area contributed by atoms with E-state index in [2.05, 4.69) is 15.8 Å². The third-order valence-electron chi connectivity index (χ3n) is 2.13. The van der Waals surface area contributed by atoms with Gasteiger partial charge in [-0.1, -0.05) is 23.4 Å². The summed E-state index contributed by atoms with van der Waals surface area (Å²) in [5.41, 5.74) is 1.82. The maximum atomic E-state index is 5.16. The van der Waals surface area contributed by atoms with E-state index < -0.39 is 0 Å². The lowest BCUT2D eigenvalue weighted by atomic mass is 10.3. The number of rotatable bonds is 3. The number of aromatic nitrogens is 1. The summed E-state index contributed by atoms with van der Waals surface area (Å²) in [4.78, 5) is 0. The van der Waals surface area contributed by atoms with Crippen LogP contribution in [0.1, 0.15) is 11.5 Å². The molecule has 17 heavy (non-hydrogen) atoms. The highest BCUT2D eigenvalue weighted by molar-refractivity contribution is 7.80. The average molecular weight is 247 g/mol. The van der Waals surface area contributed by atoms with Gasteiger partial charge in [0, 0.05) is 11.8 Å². The van der Waals surface area contributed by atoms with Gasteiger partial charge in [-0.2, -0.15) is 0 Å². The summed E-state index contributed by atoms with van der Waals surface area (Å²) in [6, 6.07) is 11.6. The second-order valence-corrected chi connectivity index (χ2v) is 4.02. The first-order valence-corrected chi connectivity index (χ1v) is 5.67. The summed E-state index contributed by atoms with van der Waals surface area (Å²) < 4.78 is 5.06. The van der Waals surface area contributed by atoms with Crippen LogP contribution >= 0.6 is 12.2 Å². The van der Waals surface area contributed by atoms with Gasteiger partial charge in [-0.05, 0) is 31.3 Å².